The van der Waals surface area contributed by atoms with Crippen molar-refractivity contribution in [2.24, 2.45) is 5.92 Å². The highest BCUT2D eigenvalue weighted by Gasteiger charge is 2.19. The van der Waals surface area contributed by atoms with E-state index in [9.17, 15) is 8.42 Å². The van der Waals surface area contributed by atoms with Crippen LogP contribution in [0.3, 0.4) is 0 Å². The zero-order valence-corrected chi connectivity index (χ0v) is 12.6. The van der Waals surface area contributed by atoms with Crippen molar-refractivity contribution in [3.05, 3.63) is 12.3 Å². The molecular weight excluding hydrogens is 266 g/mol. The first-order valence-electron chi connectivity index (χ1n) is 6.51. The van der Waals surface area contributed by atoms with Gasteiger partial charge in [-0.15, -0.1) is 0 Å². The lowest BCUT2D eigenvalue weighted by Crippen LogP contribution is -2.28. The molecule has 0 aromatic carbocycles. The molecule has 0 aliphatic rings. The lowest BCUT2D eigenvalue weighted by Gasteiger charge is -2.12. The van der Waals surface area contributed by atoms with E-state index in [1.165, 1.54) is 24.1 Å². The molecule has 0 saturated heterocycles. The van der Waals surface area contributed by atoms with Crippen LogP contribution in [0.5, 0.6) is 0 Å². The molecule has 7 heteroatoms. The minimum atomic E-state index is -3.51. The molecule has 1 aromatic heterocycles. The summed E-state index contributed by atoms with van der Waals surface area (Å²) in [6, 6.07) is 1.47. The van der Waals surface area contributed by atoms with Crippen molar-refractivity contribution in [1.29, 1.82) is 0 Å². The molecule has 1 atom stereocenters. The van der Waals surface area contributed by atoms with Crippen LogP contribution in [0.25, 0.3) is 0 Å². The zero-order chi connectivity index (χ0) is 14.3. The van der Waals surface area contributed by atoms with Gasteiger partial charge in [0.25, 0.3) is 10.0 Å². The first-order valence-corrected chi connectivity index (χ1v) is 8.00. The van der Waals surface area contributed by atoms with Crippen molar-refractivity contribution in [2.75, 3.05) is 13.7 Å². The number of nitrogens with one attached hydrogen (secondary N) is 1. The lowest BCUT2D eigenvalue weighted by atomic mass is 10.0. The second-order valence-electron chi connectivity index (χ2n) is 4.67. The van der Waals surface area contributed by atoms with Gasteiger partial charge in [-0.25, -0.2) is 17.8 Å². The Balaban J connectivity index is 2.58. The highest BCUT2D eigenvalue weighted by Crippen LogP contribution is 2.11. The smallest absolute Gasteiger partial charge is 0.257 e. The van der Waals surface area contributed by atoms with E-state index in [1.807, 2.05) is 0 Å². The van der Waals surface area contributed by atoms with E-state index in [2.05, 4.69) is 23.7 Å². The number of hydrogen-bond donors (Lipinski definition) is 1. The Kier molecular flexibility index (Phi) is 6.47. The van der Waals surface area contributed by atoms with Gasteiger partial charge in [0.2, 0.25) is 0 Å². The summed E-state index contributed by atoms with van der Waals surface area (Å²) >= 11 is 0. The van der Waals surface area contributed by atoms with Crippen LogP contribution in [0.4, 0.5) is 0 Å². The van der Waals surface area contributed by atoms with E-state index in [0.717, 1.165) is 19.3 Å². The molecule has 0 aliphatic heterocycles. The van der Waals surface area contributed by atoms with Crippen LogP contribution in [0.15, 0.2) is 17.3 Å². The van der Waals surface area contributed by atoms with E-state index in [1.54, 1.807) is 0 Å². The van der Waals surface area contributed by atoms with Crippen LogP contribution < -0.4 is 4.72 Å². The average Bonchev–Trinajstić information content (AvgIpc) is 2.78. The third-order valence-electron chi connectivity index (χ3n) is 2.91. The van der Waals surface area contributed by atoms with Crippen LogP contribution in [0.2, 0.25) is 0 Å². The largest absolute Gasteiger partial charge is 0.362 e. The molecule has 110 valence electrons. The van der Waals surface area contributed by atoms with Gasteiger partial charge in [0.1, 0.15) is 6.73 Å². The van der Waals surface area contributed by atoms with Crippen LogP contribution in [0, 0.1) is 5.92 Å². The Labute approximate surface area is 115 Å². The fraction of sp³-hybridized carbons (Fsp3) is 0.750. The maximum Gasteiger partial charge on any atom is 0.257 e. The summed E-state index contributed by atoms with van der Waals surface area (Å²) in [6.45, 7) is 4.83. The summed E-state index contributed by atoms with van der Waals surface area (Å²) < 4.78 is 33.0. The number of nitrogens with zero attached hydrogens (tertiary/aromatic N) is 2. The second-order valence-corrected chi connectivity index (χ2v) is 6.38. The minimum Gasteiger partial charge on any atom is -0.362 e. The number of aromatic nitrogens is 2. The molecule has 1 aromatic rings. The molecule has 0 amide bonds. The van der Waals surface area contributed by atoms with Crippen LogP contribution in [0.1, 0.15) is 33.1 Å². The van der Waals surface area contributed by atoms with Gasteiger partial charge in [-0.1, -0.05) is 26.7 Å². The monoisotopic (exact) mass is 289 g/mol. The predicted molar refractivity (Wildman–Crippen MR) is 73.1 cm³/mol. The molecule has 1 rings (SSSR count). The number of methoxy groups -OCH3 is 1. The number of hydrogen-bond acceptors (Lipinski definition) is 4. The Hall–Kier alpha value is -0.920. The number of rotatable bonds is 9. The van der Waals surface area contributed by atoms with Gasteiger partial charge in [0, 0.05) is 13.7 Å². The molecule has 0 radical (unpaired) electrons. The Morgan fingerprint density at radius 1 is 1.47 bits per heavy atom. The molecule has 19 heavy (non-hydrogen) atoms. The van der Waals surface area contributed by atoms with Crippen molar-refractivity contribution in [3.8, 4) is 0 Å². The highest BCUT2D eigenvalue weighted by atomic mass is 32.2. The molecule has 6 nitrogen and oxygen atoms in total. The van der Waals surface area contributed by atoms with E-state index < -0.39 is 10.0 Å². The second kappa shape index (κ2) is 7.62. The molecule has 0 fully saturated rings. The Bertz CT molecular complexity index is 470. The van der Waals surface area contributed by atoms with Gasteiger partial charge >= 0.3 is 0 Å². The lowest BCUT2D eigenvalue weighted by molar-refractivity contribution is 0.112. The first-order chi connectivity index (χ1) is 9.01. The Morgan fingerprint density at radius 3 is 2.84 bits per heavy atom. The van der Waals surface area contributed by atoms with Gasteiger partial charge in [0.05, 0.1) is 6.20 Å². The summed E-state index contributed by atoms with van der Waals surface area (Å²) in [5.74, 6) is 0.525. The SMILES string of the molecule is CCCC(C)CCNS(=O)(=O)c1ccnn1COC. The van der Waals surface area contributed by atoms with Gasteiger partial charge in [-0.05, 0) is 18.4 Å². The van der Waals surface area contributed by atoms with Gasteiger partial charge < -0.3 is 4.74 Å². The maximum absolute atomic E-state index is 12.1. The molecule has 0 saturated carbocycles. The molecular formula is C12H23N3O3S. The molecule has 0 bridgehead atoms. The molecule has 0 aliphatic carbocycles. The third-order valence-corrected chi connectivity index (χ3v) is 4.40. The van der Waals surface area contributed by atoms with E-state index in [-0.39, 0.29) is 11.8 Å². The van der Waals surface area contributed by atoms with Gasteiger partial charge in [0.15, 0.2) is 5.03 Å². The predicted octanol–water partition coefficient (Wildman–Crippen LogP) is 1.59. The van der Waals surface area contributed by atoms with Gasteiger partial charge in [-0.2, -0.15) is 5.10 Å². The fourth-order valence-corrected chi connectivity index (χ4v) is 3.07. The molecule has 1 unspecified atom stereocenters. The summed E-state index contributed by atoms with van der Waals surface area (Å²) in [4.78, 5) is 0. The highest BCUT2D eigenvalue weighted by molar-refractivity contribution is 7.89. The standard InChI is InChI=1S/C12H23N3O3S/c1-4-5-11(2)6-9-14-19(16,17)12-7-8-13-15(12)10-18-3/h7-8,11,14H,4-6,9-10H2,1-3H3. The summed E-state index contributed by atoms with van der Waals surface area (Å²) in [7, 11) is -2.01. The summed E-state index contributed by atoms with van der Waals surface area (Å²) in [6.07, 6.45) is 4.52. The molecule has 1 heterocycles. The topological polar surface area (TPSA) is 73.2 Å². The van der Waals surface area contributed by atoms with E-state index in [4.69, 9.17) is 4.74 Å². The molecule has 0 spiro atoms. The fourth-order valence-electron chi connectivity index (χ4n) is 1.92. The maximum atomic E-state index is 12.1. The van der Waals surface area contributed by atoms with Crippen LogP contribution >= 0.6 is 0 Å². The normalized spacial score (nSPS) is 13.6. The number of sulfonamides is 1. The van der Waals surface area contributed by atoms with Crippen molar-refractivity contribution < 1.29 is 13.2 Å². The summed E-state index contributed by atoms with van der Waals surface area (Å²) in [5.41, 5.74) is 0. The third kappa shape index (κ3) is 4.93. The van der Waals surface area contributed by atoms with Crippen LogP contribution in [-0.2, 0) is 21.5 Å². The summed E-state index contributed by atoms with van der Waals surface area (Å²) in [5, 5.41) is 4.05. The quantitative estimate of drug-likeness (QED) is 0.749. The number of ether oxygens (including phenoxy) is 1. The first kappa shape index (κ1) is 16.1. The molecule has 1 N–H and O–H groups in total. The van der Waals surface area contributed by atoms with Crippen molar-refractivity contribution in [2.45, 2.75) is 44.9 Å². The average molecular weight is 289 g/mol. The van der Waals surface area contributed by atoms with Crippen molar-refractivity contribution in [3.63, 3.8) is 0 Å². The zero-order valence-electron chi connectivity index (χ0n) is 11.8. The van der Waals surface area contributed by atoms with Crippen molar-refractivity contribution >= 4 is 10.0 Å². The van der Waals surface area contributed by atoms with E-state index in [0.29, 0.717) is 12.5 Å². The van der Waals surface area contributed by atoms with Crippen molar-refractivity contribution in [1.82, 2.24) is 14.5 Å². The van der Waals surface area contributed by atoms with Crippen LogP contribution in [-0.4, -0.2) is 31.9 Å². The minimum absolute atomic E-state index is 0.121. The van der Waals surface area contributed by atoms with Gasteiger partial charge in [-0.3, -0.25) is 0 Å². The van der Waals surface area contributed by atoms with E-state index >= 15 is 0 Å². The Morgan fingerprint density at radius 2 is 2.21 bits per heavy atom.